The van der Waals surface area contributed by atoms with Gasteiger partial charge in [0.1, 0.15) is 11.5 Å². The number of Topliss-reactive ketones (excluding diaryl/α,β-unsaturated/α-hetero) is 1. The first-order valence-corrected chi connectivity index (χ1v) is 11.4. The van der Waals surface area contributed by atoms with E-state index in [1.807, 2.05) is 58.0 Å². The van der Waals surface area contributed by atoms with Gasteiger partial charge in [0, 0.05) is 11.6 Å². The summed E-state index contributed by atoms with van der Waals surface area (Å²) in [7, 11) is 0. The molecule has 5 nitrogen and oxygen atoms in total. The van der Waals surface area contributed by atoms with E-state index < -0.39 is 17.7 Å². The predicted molar refractivity (Wildman–Crippen MR) is 125 cm³/mol. The number of aliphatic hydroxyl groups is 1. The highest BCUT2D eigenvalue weighted by atomic mass is 16.5. The van der Waals surface area contributed by atoms with Crippen LogP contribution in [0.25, 0.3) is 5.76 Å². The van der Waals surface area contributed by atoms with Gasteiger partial charge >= 0.3 is 0 Å². The maximum Gasteiger partial charge on any atom is 0.295 e. The molecule has 1 heterocycles. The number of likely N-dealkylation sites (tertiary alicyclic amines) is 1. The summed E-state index contributed by atoms with van der Waals surface area (Å²) in [6.07, 6.45) is 3.90. The second-order valence-electron chi connectivity index (χ2n) is 9.21. The number of aliphatic hydroxyl groups excluding tert-OH is 1. The highest BCUT2D eigenvalue weighted by molar-refractivity contribution is 6.46. The first-order valence-electron chi connectivity index (χ1n) is 11.4. The zero-order valence-electron chi connectivity index (χ0n) is 19.2. The third-order valence-electron chi connectivity index (χ3n) is 6.37. The first-order chi connectivity index (χ1) is 15.3. The lowest BCUT2D eigenvalue weighted by atomic mass is 9.93. The van der Waals surface area contributed by atoms with E-state index in [0.29, 0.717) is 5.56 Å². The van der Waals surface area contributed by atoms with Crippen LogP contribution >= 0.6 is 0 Å². The van der Waals surface area contributed by atoms with E-state index in [1.165, 1.54) is 0 Å². The second kappa shape index (κ2) is 8.81. The van der Waals surface area contributed by atoms with Crippen LogP contribution in [0.1, 0.15) is 67.8 Å². The highest BCUT2D eigenvalue weighted by Crippen LogP contribution is 2.43. The smallest absolute Gasteiger partial charge is 0.295 e. The fraction of sp³-hybridized carbons (Fsp3) is 0.407. The molecule has 4 rings (SSSR count). The van der Waals surface area contributed by atoms with Gasteiger partial charge in [0.25, 0.3) is 11.7 Å². The molecule has 1 saturated carbocycles. The third-order valence-corrected chi connectivity index (χ3v) is 6.37. The number of nitrogens with zero attached hydrogens (tertiary/aromatic N) is 1. The lowest BCUT2D eigenvalue weighted by Crippen LogP contribution is -2.37. The lowest BCUT2D eigenvalue weighted by Gasteiger charge is -2.31. The Morgan fingerprint density at radius 2 is 1.78 bits per heavy atom. The molecule has 1 N–H and O–H groups in total. The minimum Gasteiger partial charge on any atom is -0.507 e. The standard InChI is InChI=1S/C27H31NO4/c1-16(2)32-22-13-12-20(15-18(22)4)25(29)23-24(19-9-7-8-17(3)14-19)28(27(31)26(23)30)21-10-5-6-11-21/h7-9,12-16,21,24,29H,5-6,10-11H2,1-4H3/b25-23-. The van der Waals surface area contributed by atoms with Crippen molar-refractivity contribution in [2.45, 2.75) is 71.6 Å². The maximum atomic E-state index is 13.2. The van der Waals surface area contributed by atoms with E-state index in [1.54, 1.807) is 17.0 Å². The molecule has 32 heavy (non-hydrogen) atoms. The second-order valence-corrected chi connectivity index (χ2v) is 9.21. The fourth-order valence-corrected chi connectivity index (χ4v) is 4.91. The molecule has 2 aliphatic rings. The zero-order valence-corrected chi connectivity index (χ0v) is 19.2. The van der Waals surface area contributed by atoms with Crippen LogP contribution in [0.4, 0.5) is 0 Å². The number of carbonyl (C=O) groups is 2. The van der Waals surface area contributed by atoms with E-state index in [-0.39, 0.29) is 23.5 Å². The van der Waals surface area contributed by atoms with Crippen LogP contribution in [0.15, 0.2) is 48.0 Å². The summed E-state index contributed by atoms with van der Waals surface area (Å²) in [5.41, 5.74) is 3.45. The topological polar surface area (TPSA) is 66.8 Å². The molecule has 2 aromatic carbocycles. The monoisotopic (exact) mass is 433 g/mol. The summed E-state index contributed by atoms with van der Waals surface area (Å²) in [6, 6.07) is 12.7. The fourth-order valence-electron chi connectivity index (χ4n) is 4.91. The lowest BCUT2D eigenvalue weighted by molar-refractivity contribution is -0.141. The molecule has 1 aliphatic carbocycles. The van der Waals surface area contributed by atoms with Gasteiger partial charge in [0.15, 0.2) is 0 Å². The summed E-state index contributed by atoms with van der Waals surface area (Å²) >= 11 is 0. The van der Waals surface area contributed by atoms with Crippen molar-refractivity contribution in [3.05, 3.63) is 70.3 Å². The van der Waals surface area contributed by atoms with Crippen LogP contribution in [0.2, 0.25) is 0 Å². The Morgan fingerprint density at radius 3 is 2.41 bits per heavy atom. The van der Waals surface area contributed by atoms with Gasteiger partial charge in [-0.2, -0.15) is 0 Å². The van der Waals surface area contributed by atoms with Gasteiger partial charge in [-0.15, -0.1) is 0 Å². The summed E-state index contributed by atoms with van der Waals surface area (Å²) in [5, 5.41) is 11.3. The predicted octanol–water partition coefficient (Wildman–Crippen LogP) is 5.45. The normalized spacial score (nSPS) is 21.0. The summed E-state index contributed by atoms with van der Waals surface area (Å²) in [5.74, 6) is -0.518. The molecule has 2 fully saturated rings. The molecule has 168 valence electrons. The number of ketones is 1. The maximum absolute atomic E-state index is 13.2. The first kappa shape index (κ1) is 22.1. The van der Waals surface area contributed by atoms with Gasteiger partial charge in [0.05, 0.1) is 17.7 Å². The van der Waals surface area contributed by atoms with Crippen LogP contribution in [0, 0.1) is 13.8 Å². The number of carbonyl (C=O) groups excluding carboxylic acids is 2. The molecule has 1 saturated heterocycles. The molecule has 0 aromatic heterocycles. The SMILES string of the molecule is Cc1cccc(C2/C(=C(/O)c3ccc(OC(C)C)c(C)c3)C(=O)C(=O)N2C2CCCC2)c1. The Hall–Kier alpha value is -3.08. The highest BCUT2D eigenvalue weighted by Gasteiger charge is 2.49. The molecule has 0 spiro atoms. The van der Waals surface area contributed by atoms with Gasteiger partial charge in [-0.1, -0.05) is 42.7 Å². The molecular formula is C27H31NO4. The van der Waals surface area contributed by atoms with E-state index in [0.717, 1.165) is 48.1 Å². The molecule has 0 radical (unpaired) electrons. The van der Waals surface area contributed by atoms with E-state index in [9.17, 15) is 14.7 Å². The van der Waals surface area contributed by atoms with Crippen molar-refractivity contribution in [2.24, 2.45) is 0 Å². The number of hydrogen-bond donors (Lipinski definition) is 1. The van der Waals surface area contributed by atoms with Crippen molar-refractivity contribution in [1.29, 1.82) is 0 Å². The van der Waals surface area contributed by atoms with Crippen molar-refractivity contribution in [3.63, 3.8) is 0 Å². The van der Waals surface area contributed by atoms with Crippen LogP contribution in [0.5, 0.6) is 5.75 Å². The van der Waals surface area contributed by atoms with Crippen molar-refractivity contribution < 1.29 is 19.4 Å². The quantitative estimate of drug-likeness (QED) is 0.387. The van der Waals surface area contributed by atoms with Gasteiger partial charge in [0.2, 0.25) is 0 Å². The number of hydrogen-bond acceptors (Lipinski definition) is 4. The Bertz CT molecular complexity index is 1080. The van der Waals surface area contributed by atoms with Gasteiger partial charge in [-0.05, 0) is 69.9 Å². The minimum atomic E-state index is -0.610. The van der Waals surface area contributed by atoms with Crippen molar-refractivity contribution in [2.75, 3.05) is 0 Å². The van der Waals surface area contributed by atoms with Crippen LogP contribution in [0.3, 0.4) is 0 Å². The summed E-state index contributed by atoms with van der Waals surface area (Å²) in [6.45, 7) is 7.81. The van der Waals surface area contributed by atoms with E-state index in [2.05, 4.69) is 0 Å². The van der Waals surface area contributed by atoms with Crippen molar-refractivity contribution in [1.82, 2.24) is 4.90 Å². The third kappa shape index (κ3) is 4.04. The summed E-state index contributed by atoms with van der Waals surface area (Å²) in [4.78, 5) is 28.1. The van der Waals surface area contributed by atoms with E-state index >= 15 is 0 Å². The number of rotatable bonds is 5. The van der Waals surface area contributed by atoms with Gasteiger partial charge in [-0.25, -0.2) is 0 Å². The molecular weight excluding hydrogens is 402 g/mol. The van der Waals surface area contributed by atoms with Crippen LogP contribution < -0.4 is 4.74 Å². The zero-order chi connectivity index (χ0) is 23.0. The molecule has 1 unspecified atom stereocenters. The Balaban J connectivity index is 1.84. The Labute approximate surface area is 189 Å². The Kier molecular flexibility index (Phi) is 6.09. The minimum absolute atomic E-state index is 0.0193. The largest absolute Gasteiger partial charge is 0.507 e. The number of benzene rings is 2. The number of aryl methyl sites for hydroxylation is 2. The Morgan fingerprint density at radius 1 is 1.06 bits per heavy atom. The molecule has 1 amide bonds. The van der Waals surface area contributed by atoms with Gasteiger partial charge < -0.3 is 14.7 Å². The molecule has 2 aromatic rings. The van der Waals surface area contributed by atoms with Gasteiger partial charge in [-0.3, -0.25) is 9.59 Å². The molecule has 1 aliphatic heterocycles. The van der Waals surface area contributed by atoms with Crippen LogP contribution in [-0.2, 0) is 9.59 Å². The average molecular weight is 434 g/mol. The molecule has 0 bridgehead atoms. The number of amides is 1. The van der Waals surface area contributed by atoms with Crippen LogP contribution in [-0.4, -0.2) is 33.8 Å². The summed E-state index contributed by atoms with van der Waals surface area (Å²) < 4.78 is 5.80. The average Bonchev–Trinajstić information content (AvgIpc) is 3.36. The van der Waals surface area contributed by atoms with Crippen molar-refractivity contribution >= 4 is 17.4 Å². The number of ether oxygens (including phenoxy) is 1. The molecule has 5 heteroatoms. The van der Waals surface area contributed by atoms with Crippen molar-refractivity contribution in [3.8, 4) is 5.75 Å². The van der Waals surface area contributed by atoms with E-state index in [4.69, 9.17) is 4.74 Å². The molecule has 1 atom stereocenters.